The predicted molar refractivity (Wildman–Crippen MR) is 43.5 cm³/mol. The van der Waals surface area contributed by atoms with Crippen LogP contribution in [0, 0.1) is 6.92 Å². The van der Waals surface area contributed by atoms with E-state index in [1.807, 2.05) is 19.1 Å². The maximum absolute atomic E-state index is 12.6. The Morgan fingerprint density at radius 1 is 1.25 bits per heavy atom. The maximum Gasteiger partial charge on any atom is 0.255 e. The third-order valence-electron chi connectivity index (χ3n) is 2.31. The normalized spacial score (nSPS) is 25.4. The second kappa shape index (κ2) is 2.28. The lowest BCUT2D eigenvalue weighted by atomic mass is 10.1. The van der Waals surface area contributed by atoms with E-state index in [1.165, 1.54) is 0 Å². The van der Waals surface area contributed by atoms with Crippen molar-refractivity contribution in [2.45, 2.75) is 25.2 Å². The Labute approximate surface area is 70.2 Å². The van der Waals surface area contributed by atoms with E-state index in [1.54, 1.807) is 12.1 Å². The van der Waals surface area contributed by atoms with E-state index in [2.05, 4.69) is 0 Å². The fraction of sp³-hybridized carbons (Fsp3) is 0.400. The molecule has 1 aliphatic rings. The van der Waals surface area contributed by atoms with Gasteiger partial charge in [-0.15, -0.1) is 0 Å². The molecular weight excluding hydrogens is 158 g/mol. The monoisotopic (exact) mass is 168 g/mol. The lowest BCUT2D eigenvalue weighted by Gasteiger charge is -1.98. The van der Waals surface area contributed by atoms with Crippen molar-refractivity contribution in [1.29, 1.82) is 0 Å². The van der Waals surface area contributed by atoms with Crippen molar-refractivity contribution >= 4 is 0 Å². The van der Waals surface area contributed by atoms with Gasteiger partial charge in [0, 0.05) is 6.42 Å². The molecule has 1 atom stereocenters. The number of alkyl halides is 2. The van der Waals surface area contributed by atoms with Gasteiger partial charge in [-0.2, -0.15) is 0 Å². The maximum atomic E-state index is 12.6. The van der Waals surface area contributed by atoms with Gasteiger partial charge in [0.15, 0.2) is 0 Å². The van der Waals surface area contributed by atoms with Crippen molar-refractivity contribution in [3.63, 3.8) is 0 Å². The minimum Gasteiger partial charge on any atom is -0.206 e. The molecule has 1 fully saturated rings. The molecule has 1 unspecified atom stereocenters. The highest BCUT2D eigenvalue weighted by molar-refractivity contribution is 5.31. The van der Waals surface area contributed by atoms with E-state index in [-0.39, 0.29) is 6.42 Å². The van der Waals surface area contributed by atoms with Crippen molar-refractivity contribution in [2.24, 2.45) is 0 Å². The third-order valence-corrected chi connectivity index (χ3v) is 2.31. The van der Waals surface area contributed by atoms with Crippen molar-refractivity contribution in [1.82, 2.24) is 0 Å². The third kappa shape index (κ3) is 1.22. The van der Waals surface area contributed by atoms with Crippen molar-refractivity contribution in [3.05, 3.63) is 35.4 Å². The molecule has 1 aromatic rings. The average Bonchev–Trinajstić information content (AvgIpc) is 2.61. The van der Waals surface area contributed by atoms with Gasteiger partial charge in [0.1, 0.15) is 0 Å². The van der Waals surface area contributed by atoms with Crippen LogP contribution < -0.4 is 0 Å². The summed E-state index contributed by atoms with van der Waals surface area (Å²) < 4.78 is 25.2. The first-order valence-corrected chi connectivity index (χ1v) is 4.04. The first kappa shape index (κ1) is 7.71. The molecule has 1 aliphatic carbocycles. The molecule has 0 nitrogen and oxygen atoms in total. The van der Waals surface area contributed by atoms with E-state index in [4.69, 9.17) is 0 Å². The highest BCUT2D eigenvalue weighted by Crippen LogP contribution is 2.55. The highest BCUT2D eigenvalue weighted by Gasteiger charge is 2.57. The number of halogens is 2. The van der Waals surface area contributed by atoms with Crippen molar-refractivity contribution in [2.75, 3.05) is 0 Å². The number of aryl methyl sites for hydroxylation is 1. The summed E-state index contributed by atoms with van der Waals surface area (Å²) >= 11 is 0. The number of benzene rings is 1. The average molecular weight is 168 g/mol. The first-order valence-electron chi connectivity index (χ1n) is 4.04. The number of hydrogen-bond donors (Lipinski definition) is 0. The second-order valence-electron chi connectivity index (χ2n) is 3.43. The van der Waals surface area contributed by atoms with Crippen LogP contribution in [0.2, 0.25) is 0 Å². The molecule has 1 aromatic carbocycles. The Morgan fingerprint density at radius 2 is 1.75 bits per heavy atom. The van der Waals surface area contributed by atoms with Gasteiger partial charge in [-0.3, -0.25) is 0 Å². The largest absolute Gasteiger partial charge is 0.255 e. The van der Waals surface area contributed by atoms with Crippen LogP contribution in [0.4, 0.5) is 8.78 Å². The smallest absolute Gasteiger partial charge is 0.206 e. The molecule has 0 aliphatic heterocycles. The minimum atomic E-state index is -2.44. The quantitative estimate of drug-likeness (QED) is 0.604. The fourth-order valence-corrected chi connectivity index (χ4v) is 1.37. The molecule has 1 saturated carbocycles. The molecular formula is C10H10F2. The molecule has 64 valence electrons. The molecule has 2 heteroatoms. The number of rotatable bonds is 1. The molecule has 12 heavy (non-hydrogen) atoms. The van der Waals surface area contributed by atoms with Crippen LogP contribution in [0.15, 0.2) is 24.3 Å². The van der Waals surface area contributed by atoms with Crippen LogP contribution in [0.1, 0.15) is 23.5 Å². The molecule has 0 saturated heterocycles. The fourth-order valence-electron chi connectivity index (χ4n) is 1.37. The van der Waals surface area contributed by atoms with Crippen LogP contribution in [0.25, 0.3) is 0 Å². The van der Waals surface area contributed by atoms with Gasteiger partial charge in [-0.25, -0.2) is 8.78 Å². The van der Waals surface area contributed by atoms with Gasteiger partial charge in [-0.05, 0) is 12.5 Å². The summed E-state index contributed by atoms with van der Waals surface area (Å²) in [6.07, 6.45) is 0.0239. The van der Waals surface area contributed by atoms with Gasteiger partial charge in [0.25, 0.3) is 5.92 Å². The van der Waals surface area contributed by atoms with Crippen molar-refractivity contribution in [3.8, 4) is 0 Å². The zero-order chi connectivity index (χ0) is 8.77. The van der Waals surface area contributed by atoms with E-state index >= 15 is 0 Å². The molecule has 0 amide bonds. The summed E-state index contributed by atoms with van der Waals surface area (Å²) in [7, 11) is 0. The summed E-state index contributed by atoms with van der Waals surface area (Å²) in [5.41, 5.74) is 1.88. The molecule has 0 bridgehead atoms. The molecule has 0 spiro atoms. The number of hydrogen-bond acceptors (Lipinski definition) is 0. The Hall–Kier alpha value is -0.920. The molecule has 2 rings (SSSR count). The first-order chi connectivity index (χ1) is 5.59. The van der Waals surface area contributed by atoms with Gasteiger partial charge in [0.05, 0.1) is 5.92 Å². The van der Waals surface area contributed by atoms with Crippen LogP contribution in [0.3, 0.4) is 0 Å². The summed E-state index contributed by atoms with van der Waals surface area (Å²) in [4.78, 5) is 0. The van der Waals surface area contributed by atoms with Gasteiger partial charge in [-0.1, -0.05) is 29.8 Å². The molecule has 0 N–H and O–H groups in total. The Bertz CT molecular complexity index is 287. The second-order valence-corrected chi connectivity index (χ2v) is 3.43. The summed E-state index contributed by atoms with van der Waals surface area (Å²) in [6.45, 7) is 1.95. The van der Waals surface area contributed by atoms with Crippen LogP contribution in [-0.2, 0) is 0 Å². The molecule has 0 aromatic heterocycles. The molecule has 0 radical (unpaired) electrons. The Balaban J connectivity index is 2.21. The van der Waals surface area contributed by atoms with Gasteiger partial charge < -0.3 is 0 Å². The highest BCUT2D eigenvalue weighted by atomic mass is 19.3. The van der Waals surface area contributed by atoms with E-state index in [0.29, 0.717) is 0 Å². The lowest BCUT2D eigenvalue weighted by molar-refractivity contribution is 0.112. The Kier molecular flexibility index (Phi) is 1.47. The standard InChI is InChI=1S/C10H10F2/c1-7-2-4-8(5-3-7)9-6-10(9,11)12/h2-5,9H,6H2,1H3. The summed E-state index contributed by atoms with van der Waals surface area (Å²) in [6, 6.07) is 7.34. The van der Waals surface area contributed by atoms with Crippen LogP contribution >= 0.6 is 0 Å². The van der Waals surface area contributed by atoms with Crippen LogP contribution in [-0.4, -0.2) is 5.92 Å². The SMILES string of the molecule is Cc1ccc(C2CC2(F)F)cc1. The van der Waals surface area contributed by atoms with Crippen molar-refractivity contribution < 1.29 is 8.78 Å². The summed E-state index contributed by atoms with van der Waals surface area (Å²) in [5, 5.41) is 0. The van der Waals surface area contributed by atoms with E-state index in [0.717, 1.165) is 11.1 Å². The minimum absolute atomic E-state index is 0.0239. The van der Waals surface area contributed by atoms with Crippen LogP contribution in [0.5, 0.6) is 0 Å². The zero-order valence-corrected chi connectivity index (χ0v) is 6.85. The topological polar surface area (TPSA) is 0 Å². The molecule has 0 heterocycles. The van der Waals surface area contributed by atoms with E-state index in [9.17, 15) is 8.78 Å². The summed E-state index contributed by atoms with van der Waals surface area (Å²) in [5.74, 6) is -2.95. The predicted octanol–water partition coefficient (Wildman–Crippen LogP) is 3.12. The van der Waals surface area contributed by atoms with Gasteiger partial charge >= 0.3 is 0 Å². The Morgan fingerprint density at radius 3 is 2.17 bits per heavy atom. The van der Waals surface area contributed by atoms with E-state index < -0.39 is 11.8 Å². The lowest BCUT2D eigenvalue weighted by Crippen LogP contribution is -1.92. The van der Waals surface area contributed by atoms with Gasteiger partial charge in [0.2, 0.25) is 0 Å². The zero-order valence-electron chi connectivity index (χ0n) is 6.85.